The van der Waals surface area contributed by atoms with Crippen molar-refractivity contribution in [1.29, 1.82) is 0 Å². The third-order valence-electron chi connectivity index (χ3n) is 3.47. The number of hydrogen-bond acceptors (Lipinski definition) is 1. The van der Waals surface area contributed by atoms with Crippen molar-refractivity contribution in [2.45, 2.75) is 46.5 Å². The van der Waals surface area contributed by atoms with E-state index in [1.807, 2.05) is 0 Å². The van der Waals surface area contributed by atoms with Crippen LogP contribution in [-0.2, 0) is 4.79 Å². The molecule has 0 aromatic rings. The van der Waals surface area contributed by atoms with E-state index in [4.69, 9.17) is 0 Å². The Bertz CT molecular complexity index is 152. The van der Waals surface area contributed by atoms with Gasteiger partial charge in [-0.25, -0.2) is 0 Å². The van der Waals surface area contributed by atoms with E-state index in [2.05, 4.69) is 27.1 Å². The van der Waals surface area contributed by atoms with E-state index in [1.165, 1.54) is 12.8 Å². The van der Waals surface area contributed by atoms with Crippen LogP contribution >= 0.6 is 0 Å². The molecule has 0 spiro atoms. The third kappa shape index (κ3) is 1.70. The minimum Gasteiger partial charge on any atom is -0.290 e. The highest BCUT2D eigenvalue weighted by molar-refractivity contribution is 5.60. The van der Waals surface area contributed by atoms with Crippen LogP contribution in [0.15, 0.2) is 0 Å². The van der Waals surface area contributed by atoms with Crippen LogP contribution in [0.5, 0.6) is 0 Å². The van der Waals surface area contributed by atoms with Crippen molar-refractivity contribution in [3.63, 3.8) is 0 Å². The Kier molecular flexibility index (Phi) is 2.92. The predicted molar refractivity (Wildman–Crippen MR) is 50.6 cm³/mol. The molecular weight excluding hydrogens is 148 g/mol. The maximum Gasteiger partial charge on any atom is 0.205 e. The minimum absolute atomic E-state index is 0.105. The van der Waals surface area contributed by atoms with Crippen molar-refractivity contribution < 1.29 is 4.79 Å². The number of rotatable bonds is 2. The fraction of sp³-hybridized carbons (Fsp3) is 0.909. The fourth-order valence-electron chi connectivity index (χ4n) is 2.07. The van der Waals surface area contributed by atoms with Crippen molar-refractivity contribution in [2.75, 3.05) is 0 Å². The summed E-state index contributed by atoms with van der Waals surface area (Å²) >= 11 is 0. The molecule has 0 saturated heterocycles. The van der Waals surface area contributed by atoms with Crippen molar-refractivity contribution in [3.05, 3.63) is 0 Å². The second-order valence-corrected chi connectivity index (χ2v) is 4.60. The zero-order valence-electron chi connectivity index (χ0n) is 8.39. The van der Waals surface area contributed by atoms with Crippen molar-refractivity contribution in [1.82, 2.24) is 0 Å². The zero-order chi connectivity index (χ0) is 9.19. The molecule has 1 nitrogen and oxygen atoms in total. The van der Waals surface area contributed by atoms with Gasteiger partial charge in [-0.15, -0.1) is 0 Å². The SMILES string of the molecule is CC1CCC([C]=O)(C(C)C)CC1. The van der Waals surface area contributed by atoms with Gasteiger partial charge in [0.2, 0.25) is 6.29 Å². The zero-order valence-corrected chi connectivity index (χ0v) is 8.39. The molecule has 0 aliphatic heterocycles. The van der Waals surface area contributed by atoms with E-state index in [9.17, 15) is 4.79 Å². The lowest BCUT2D eigenvalue weighted by molar-refractivity contribution is 0.167. The van der Waals surface area contributed by atoms with Crippen molar-refractivity contribution in [2.24, 2.45) is 17.3 Å². The van der Waals surface area contributed by atoms with Gasteiger partial charge in [0.25, 0.3) is 0 Å². The first-order chi connectivity index (χ1) is 5.60. The highest BCUT2D eigenvalue weighted by atomic mass is 16.1. The largest absolute Gasteiger partial charge is 0.290 e. The maximum atomic E-state index is 10.9. The van der Waals surface area contributed by atoms with Crippen LogP contribution in [0.1, 0.15) is 46.5 Å². The Morgan fingerprint density at radius 1 is 1.33 bits per heavy atom. The molecule has 1 radical (unpaired) electrons. The average molecular weight is 167 g/mol. The molecule has 0 bridgehead atoms. The number of carbonyl (C=O) groups excluding carboxylic acids is 1. The molecule has 0 atom stereocenters. The van der Waals surface area contributed by atoms with Crippen LogP contribution in [-0.4, -0.2) is 6.29 Å². The van der Waals surface area contributed by atoms with Crippen molar-refractivity contribution >= 4 is 6.29 Å². The molecule has 1 heteroatoms. The Hall–Kier alpha value is -0.330. The Labute approximate surface area is 75.5 Å². The summed E-state index contributed by atoms with van der Waals surface area (Å²) in [6, 6.07) is 0. The van der Waals surface area contributed by atoms with Crippen molar-refractivity contribution in [3.8, 4) is 0 Å². The first-order valence-corrected chi connectivity index (χ1v) is 5.00. The third-order valence-corrected chi connectivity index (χ3v) is 3.47. The first kappa shape index (κ1) is 9.76. The van der Waals surface area contributed by atoms with Gasteiger partial charge in [0.05, 0.1) is 0 Å². The lowest BCUT2D eigenvalue weighted by atomic mass is 9.66. The maximum absolute atomic E-state index is 10.9. The van der Waals surface area contributed by atoms with E-state index < -0.39 is 0 Å². The lowest BCUT2D eigenvalue weighted by Gasteiger charge is -2.37. The normalized spacial score (nSPS) is 36.8. The molecule has 12 heavy (non-hydrogen) atoms. The van der Waals surface area contributed by atoms with Crippen LogP contribution in [0.4, 0.5) is 0 Å². The van der Waals surface area contributed by atoms with Gasteiger partial charge in [-0.1, -0.05) is 20.8 Å². The number of hydrogen-bond donors (Lipinski definition) is 0. The molecule has 0 unspecified atom stereocenters. The molecule has 1 aliphatic rings. The smallest absolute Gasteiger partial charge is 0.205 e. The summed E-state index contributed by atoms with van der Waals surface area (Å²) in [5.74, 6) is 1.27. The van der Waals surface area contributed by atoms with Crippen LogP contribution in [0.3, 0.4) is 0 Å². The van der Waals surface area contributed by atoms with E-state index in [0.717, 1.165) is 18.8 Å². The Morgan fingerprint density at radius 2 is 1.83 bits per heavy atom. The molecule has 0 aromatic heterocycles. The highest BCUT2D eigenvalue weighted by Crippen LogP contribution is 2.42. The van der Waals surface area contributed by atoms with Gasteiger partial charge in [-0.3, -0.25) is 4.79 Å². The second-order valence-electron chi connectivity index (χ2n) is 4.60. The molecule has 0 amide bonds. The van der Waals surface area contributed by atoms with Gasteiger partial charge in [0, 0.05) is 5.41 Å². The summed E-state index contributed by atoms with van der Waals surface area (Å²) in [6.07, 6.45) is 6.79. The van der Waals surface area contributed by atoms with Crippen LogP contribution in [0, 0.1) is 17.3 Å². The molecule has 0 heterocycles. The van der Waals surface area contributed by atoms with Gasteiger partial charge in [-0.05, 0) is 37.5 Å². The molecule has 69 valence electrons. The first-order valence-electron chi connectivity index (χ1n) is 5.00. The van der Waals surface area contributed by atoms with Crippen LogP contribution in [0.25, 0.3) is 0 Å². The Balaban J connectivity index is 2.63. The van der Waals surface area contributed by atoms with Gasteiger partial charge in [0.1, 0.15) is 0 Å². The standard InChI is InChI=1S/C11H19O/c1-9(2)11(8-12)6-4-10(3)5-7-11/h9-10H,4-7H2,1-3H3. The summed E-state index contributed by atoms with van der Waals surface area (Å²) in [5, 5.41) is 0. The van der Waals surface area contributed by atoms with Gasteiger partial charge in [0.15, 0.2) is 0 Å². The van der Waals surface area contributed by atoms with Gasteiger partial charge in [-0.2, -0.15) is 0 Å². The van der Waals surface area contributed by atoms with E-state index in [1.54, 1.807) is 0 Å². The summed E-state index contributed by atoms with van der Waals surface area (Å²) in [5.41, 5.74) is -0.105. The second kappa shape index (κ2) is 3.59. The van der Waals surface area contributed by atoms with Crippen LogP contribution < -0.4 is 0 Å². The molecule has 1 saturated carbocycles. The topological polar surface area (TPSA) is 17.1 Å². The van der Waals surface area contributed by atoms with Gasteiger partial charge < -0.3 is 0 Å². The monoisotopic (exact) mass is 167 g/mol. The van der Waals surface area contributed by atoms with E-state index >= 15 is 0 Å². The molecule has 1 rings (SSSR count). The van der Waals surface area contributed by atoms with Gasteiger partial charge >= 0.3 is 0 Å². The summed E-state index contributed by atoms with van der Waals surface area (Å²) in [4.78, 5) is 10.9. The van der Waals surface area contributed by atoms with E-state index in [-0.39, 0.29) is 5.41 Å². The van der Waals surface area contributed by atoms with E-state index in [0.29, 0.717) is 5.92 Å². The molecule has 0 aromatic carbocycles. The summed E-state index contributed by atoms with van der Waals surface area (Å²) < 4.78 is 0. The molecule has 0 N–H and O–H groups in total. The minimum atomic E-state index is -0.105. The quantitative estimate of drug-likeness (QED) is 0.618. The summed E-state index contributed by atoms with van der Waals surface area (Å²) in [6.45, 7) is 6.55. The molecule has 1 aliphatic carbocycles. The average Bonchev–Trinajstić information content (AvgIpc) is 2.06. The molecular formula is C11H19O. The van der Waals surface area contributed by atoms with Crippen LogP contribution in [0.2, 0.25) is 0 Å². The molecule has 1 fully saturated rings. The Morgan fingerprint density at radius 3 is 2.17 bits per heavy atom. The lowest BCUT2D eigenvalue weighted by Crippen LogP contribution is -2.33. The fourth-order valence-corrected chi connectivity index (χ4v) is 2.07. The summed E-state index contributed by atoms with van der Waals surface area (Å²) in [7, 11) is 0. The highest BCUT2D eigenvalue weighted by Gasteiger charge is 2.37. The predicted octanol–water partition coefficient (Wildman–Crippen LogP) is 2.95.